The molecule has 1 aromatic carbocycles. The van der Waals surface area contributed by atoms with Gasteiger partial charge >= 0.3 is 0 Å². The Hall–Kier alpha value is -1.38. The zero-order valence-electron chi connectivity index (χ0n) is 21.9. The number of nitrogens with two attached hydrogens (primary N) is 2. The predicted octanol–water partition coefficient (Wildman–Crippen LogP) is 5.12. The Kier molecular flexibility index (Phi) is 10.3. The quantitative estimate of drug-likeness (QED) is 0.352. The molecular formula is C27H44N4O2S2. The Morgan fingerprint density at radius 2 is 1.86 bits per heavy atom. The summed E-state index contributed by atoms with van der Waals surface area (Å²) in [6.45, 7) is 9.25. The number of primary sulfonamides is 1. The van der Waals surface area contributed by atoms with Gasteiger partial charge in [-0.25, -0.2) is 18.5 Å². The van der Waals surface area contributed by atoms with Gasteiger partial charge < -0.3 is 5.73 Å². The van der Waals surface area contributed by atoms with E-state index in [1.807, 2.05) is 11.8 Å². The van der Waals surface area contributed by atoms with E-state index >= 15 is 0 Å². The number of benzene rings is 1. The second kappa shape index (κ2) is 12.7. The van der Waals surface area contributed by atoms with E-state index in [1.54, 1.807) is 0 Å². The van der Waals surface area contributed by atoms with Gasteiger partial charge in [0.05, 0.1) is 11.7 Å². The zero-order chi connectivity index (χ0) is 25.6. The first kappa shape index (κ1) is 28.2. The van der Waals surface area contributed by atoms with E-state index in [1.165, 1.54) is 40.8 Å². The summed E-state index contributed by atoms with van der Waals surface area (Å²) < 4.78 is 23.3. The number of rotatable bonds is 13. The van der Waals surface area contributed by atoms with E-state index in [4.69, 9.17) is 10.9 Å². The number of aliphatic imine (C=N–C) groups is 2. The highest BCUT2D eigenvalue weighted by molar-refractivity contribution is 8.00. The van der Waals surface area contributed by atoms with Crippen molar-refractivity contribution in [3.05, 3.63) is 28.8 Å². The van der Waals surface area contributed by atoms with E-state index in [2.05, 4.69) is 49.8 Å². The molecule has 4 atom stereocenters. The van der Waals surface area contributed by atoms with Crippen LogP contribution in [0, 0.1) is 17.8 Å². The van der Waals surface area contributed by atoms with Crippen LogP contribution in [0.25, 0.3) is 0 Å². The maximum absolute atomic E-state index is 11.6. The van der Waals surface area contributed by atoms with Gasteiger partial charge in [0.1, 0.15) is 12.5 Å². The molecule has 0 bridgehead atoms. The van der Waals surface area contributed by atoms with Gasteiger partial charge in [-0.1, -0.05) is 33.3 Å². The van der Waals surface area contributed by atoms with Crippen molar-refractivity contribution in [1.82, 2.24) is 0 Å². The van der Waals surface area contributed by atoms with Crippen LogP contribution in [0.1, 0.15) is 82.9 Å². The van der Waals surface area contributed by atoms with Gasteiger partial charge in [0, 0.05) is 15.9 Å². The molecule has 0 amide bonds. The van der Waals surface area contributed by atoms with Crippen LogP contribution in [0.15, 0.2) is 27.0 Å². The van der Waals surface area contributed by atoms with Crippen LogP contribution < -0.4 is 10.9 Å². The van der Waals surface area contributed by atoms with Gasteiger partial charge in [-0.2, -0.15) is 0 Å². The Bertz CT molecular complexity index is 1020. The minimum Gasteiger partial charge on any atom is -0.387 e. The van der Waals surface area contributed by atoms with Crippen molar-refractivity contribution >= 4 is 33.3 Å². The number of hydrogen-bond acceptors (Lipinski definition) is 6. The average molecular weight is 521 g/mol. The lowest BCUT2D eigenvalue weighted by Gasteiger charge is -2.30. The van der Waals surface area contributed by atoms with Crippen molar-refractivity contribution in [3.8, 4) is 0 Å². The molecule has 0 radical (unpaired) electrons. The molecule has 0 saturated carbocycles. The van der Waals surface area contributed by atoms with Crippen molar-refractivity contribution in [2.45, 2.75) is 95.6 Å². The third-order valence-corrected chi connectivity index (χ3v) is 10.3. The highest BCUT2D eigenvalue weighted by atomic mass is 32.2. The molecule has 1 aromatic rings. The molecule has 2 aliphatic rings. The molecule has 1 aliphatic heterocycles. The molecule has 6 nitrogen and oxygen atoms in total. The molecule has 3 rings (SSSR count). The first-order valence-corrected chi connectivity index (χ1v) is 15.8. The summed E-state index contributed by atoms with van der Waals surface area (Å²) in [5.41, 5.74) is 11.8. The van der Waals surface area contributed by atoms with Gasteiger partial charge in [-0.05, 0) is 92.9 Å². The summed E-state index contributed by atoms with van der Waals surface area (Å²) in [4.78, 5) is 10.2. The Labute approximate surface area is 216 Å². The number of amidine groups is 1. The molecule has 1 heterocycles. The summed E-state index contributed by atoms with van der Waals surface area (Å²) in [5, 5.41) is 5.72. The summed E-state index contributed by atoms with van der Waals surface area (Å²) in [7, 11) is -3.45. The van der Waals surface area contributed by atoms with Crippen LogP contribution in [0.2, 0.25) is 0 Å². The first-order chi connectivity index (χ1) is 16.6. The molecule has 4 N–H and O–H groups in total. The largest absolute Gasteiger partial charge is 0.387 e. The maximum Gasteiger partial charge on any atom is 0.209 e. The van der Waals surface area contributed by atoms with E-state index < -0.39 is 10.0 Å². The van der Waals surface area contributed by atoms with Crippen molar-refractivity contribution < 1.29 is 8.42 Å². The predicted molar refractivity (Wildman–Crippen MR) is 150 cm³/mol. The van der Waals surface area contributed by atoms with Crippen molar-refractivity contribution in [3.63, 3.8) is 0 Å². The average Bonchev–Trinajstić information content (AvgIpc) is 3.26. The Morgan fingerprint density at radius 1 is 1.14 bits per heavy atom. The first-order valence-electron chi connectivity index (χ1n) is 13.2. The third-order valence-electron chi connectivity index (χ3n) is 7.87. The lowest BCUT2D eigenvalue weighted by atomic mass is 9.87. The van der Waals surface area contributed by atoms with Crippen LogP contribution in [-0.2, 0) is 29.3 Å². The fraction of sp³-hybridized carbons (Fsp3) is 0.704. The standard InChI is InChI=1S/C27H44N4O2S2/c1-5-20(12-13-35(29,32)33)14-25(18(3)10-11-24-19(4)30-17-31-27(24)28)34-26-16-23-9-7-8-22(23)15-21(26)6-2/h15-16,18,20,24-25H,5-14,17H2,1-4H3,(H2,28,31)(H2,29,32,33). The summed E-state index contributed by atoms with van der Waals surface area (Å²) in [5.74, 6) is 1.68. The van der Waals surface area contributed by atoms with Crippen LogP contribution >= 0.6 is 11.8 Å². The minimum absolute atomic E-state index is 0.0566. The topological polar surface area (TPSA) is 111 Å². The molecule has 0 spiro atoms. The van der Waals surface area contributed by atoms with Crippen LogP contribution in [-0.4, -0.2) is 37.6 Å². The van der Waals surface area contributed by atoms with Gasteiger partial charge in [0.15, 0.2) is 0 Å². The van der Waals surface area contributed by atoms with Gasteiger partial charge in [0.2, 0.25) is 10.0 Å². The number of hydrogen-bond donors (Lipinski definition) is 2. The van der Waals surface area contributed by atoms with Crippen LogP contribution in [0.4, 0.5) is 0 Å². The van der Waals surface area contributed by atoms with Gasteiger partial charge in [-0.3, -0.25) is 4.99 Å². The summed E-state index contributed by atoms with van der Waals surface area (Å²) in [6.07, 6.45) is 9.20. The highest BCUT2D eigenvalue weighted by Gasteiger charge is 2.27. The monoisotopic (exact) mass is 520 g/mol. The number of fused-ring (bicyclic) bond motifs is 1. The Morgan fingerprint density at radius 3 is 2.49 bits per heavy atom. The van der Waals surface area contributed by atoms with E-state index in [0.717, 1.165) is 37.8 Å². The molecule has 0 fully saturated rings. The second-order valence-electron chi connectivity index (χ2n) is 10.4. The van der Waals surface area contributed by atoms with Crippen molar-refractivity contribution in [2.24, 2.45) is 38.6 Å². The molecule has 0 saturated heterocycles. The number of thioether (sulfide) groups is 1. The van der Waals surface area contributed by atoms with E-state index in [-0.39, 0.29) is 11.7 Å². The van der Waals surface area contributed by atoms with Crippen molar-refractivity contribution in [1.29, 1.82) is 0 Å². The van der Waals surface area contributed by atoms with E-state index in [9.17, 15) is 8.42 Å². The second-order valence-corrected chi connectivity index (χ2v) is 13.4. The van der Waals surface area contributed by atoms with Crippen LogP contribution in [0.5, 0.6) is 0 Å². The summed E-state index contributed by atoms with van der Waals surface area (Å²) in [6, 6.07) is 4.88. The van der Waals surface area contributed by atoms with E-state index in [0.29, 0.717) is 36.0 Å². The number of nitrogens with zero attached hydrogens (tertiary/aromatic N) is 2. The third kappa shape index (κ3) is 8.05. The summed E-state index contributed by atoms with van der Waals surface area (Å²) >= 11 is 2.01. The highest BCUT2D eigenvalue weighted by Crippen LogP contribution is 2.40. The molecule has 35 heavy (non-hydrogen) atoms. The molecule has 4 unspecified atom stereocenters. The normalized spacial score (nSPS) is 20.7. The van der Waals surface area contributed by atoms with Gasteiger partial charge in [-0.15, -0.1) is 11.8 Å². The lowest BCUT2D eigenvalue weighted by Crippen LogP contribution is -2.33. The smallest absolute Gasteiger partial charge is 0.209 e. The van der Waals surface area contributed by atoms with Crippen LogP contribution in [0.3, 0.4) is 0 Å². The molecule has 196 valence electrons. The maximum atomic E-state index is 11.6. The van der Waals surface area contributed by atoms with Gasteiger partial charge in [0.25, 0.3) is 0 Å². The molecule has 8 heteroatoms. The molecule has 1 aliphatic carbocycles. The zero-order valence-corrected chi connectivity index (χ0v) is 23.6. The Balaban J connectivity index is 1.79. The lowest BCUT2D eigenvalue weighted by molar-refractivity contribution is 0.382. The fourth-order valence-corrected chi connectivity index (χ4v) is 7.67. The van der Waals surface area contributed by atoms with Crippen molar-refractivity contribution in [2.75, 3.05) is 12.4 Å². The fourth-order valence-electron chi connectivity index (χ4n) is 5.38. The molecule has 0 aromatic heterocycles. The number of aryl methyl sites for hydroxylation is 3. The molecular weight excluding hydrogens is 476 g/mol. The minimum atomic E-state index is -3.45. The number of sulfonamides is 1. The SMILES string of the molecule is CCc1cc2c(cc1SC(CC(CC)CCS(N)(=O)=O)C(C)CCC1C(C)=NCN=C1N)CCC2.